The fourth-order valence-corrected chi connectivity index (χ4v) is 2.53. The zero-order valence-corrected chi connectivity index (χ0v) is 8.87. The molecule has 0 bridgehead atoms. The van der Waals surface area contributed by atoms with Crippen molar-refractivity contribution in [3.8, 4) is 0 Å². The molecule has 1 fully saturated rings. The minimum atomic E-state index is -0.205. The van der Waals surface area contributed by atoms with Crippen LogP contribution in [0.1, 0.15) is 37.2 Å². The van der Waals surface area contributed by atoms with Crippen molar-refractivity contribution in [1.29, 1.82) is 0 Å². The molecule has 2 atom stereocenters. The number of aliphatic hydroxyl groups excluding tert-OH is 1. The van der Waals surface area contributed by atoms with Crippen molar-refractivity contribution < 1.29 is 5.11 Å². The molecule has 0 aromatic heterocycles. The third kappa shape index (κ3) is 1.94. The lowest BCUT2D eigenvalue weighted by molar-refractivity contribution is 0.106. The molecule has 14 heavy (non-hydrogen) atoms. The predicted octanol–water partition coefficient (Wildman–Crippen LogP) is 3.36. The molecule has 0 heterocycles. The highest BCUT2D eigenvalue weighted by Gasteiger charge is 2.25. The third-order valence-electron chi connectivity index (χ3n) is 3.03. The number of hydrogen-bond donors (Lipinski definition) is 1. The van der Waals surface area contributed by atoms with Gasteiger partial charge in [-0.05, 0) is 24.5 Å². The third-order valence-corrected chi connectivity index (χ3v) is 3.38. The minimum absolute atomic E-state index is 0.205. The Bertz CT molecular complexity index is 311. The van der Waals surface area contributed by atoms with Gasteiger partial charge in [-0.3, -0.25) is 0 Å². The van der Waals surface area contributed by atoms with E-state index in [4.69, 9.17) is 11.6 Å². The van der Waals surface area contributed by atoms with Crippen LogP contribution in [0, 0.1) is 0 Å². The molecule has 1 aromatic rings. The van der Waals surface area contributed by atoms with E-state index in [1.54, 1.807) is 0 Å². The second-order valence-corrected chi connectivity index (χ2v) is 4.39. The zero-order chi connectivity index (χ0) is 9.97. The van der Waals surface area contributed by atoms with Gasteiger partial charge in [0, 0.05) is 10.9 Å². The van der Waals surface area contributed by atoms with Crippen LogP contribution < -0.4 is 0 Å². The van der Waals surface area contributed by atoms with Gasteiger partial charge in [-0.15, -0.1) is 0 Å². The molecule has 1 aliphatic rings. The van der Waals surface area contributed by atoms with Crippen LogP contribution in [-0.4, -0.2) is 11.2 Å². The van der Waals surface area contributed by atoms with Crippen LogP contribution in [0.3, 0.4) is 0 Å². The molecule has 0 spiro atoms. The summed E-state index contributed by atoms with van der Waals surface area (Å²) in [5.74, 6) is 0.248. The molecule has 1 nitrogen and oxygen atoms in total. The summed E-state index contributed by atoms with van der Waals surface area (Å²) in [7, 11) is 0. The fraction of sp³-hybridized carbons (Fsp3) is 0.500. The molecule has 0 unspecified atom stereocenters. The minimum Gasteiger partial charge on any atom is -0.392 e. The Labute approximate surface area is 89.7 Å². The van der Waals surface area contributed by atoms with Crippen LogP contribution in [-0.2, 0) is 0 Å². The van der Waals surface area contributed by atoms with E-state index in [0.29, 0.717) is 0 Å². The van der Waals surface area contributed by atoms with E-state index in [-0.39, 0.29) is 12.0 Å². The first kappa shape index (κ1) is 10.0. The Balaban J connectivity index is 2.25. The molecule has 2 heteroatoms. The SMILES string of the molecule is O[C@H]1CCCC[C@@H]1c1ccccc1Cl. The van der Waals surface area contributed by atoms with Crippen molar-refractivity contribution in [1.82, 2.24) is 0 Å². The Kier molecular flexibility index (Phi) is 3.09. The van der Waals surface area contributed by atoms with E-state index in [1.165, 1.54) is 6.42 Å². The number of benzene rings is 1. The summed E-state index contributed by atoms with van der Waals surface area (Å²) >= 11 is 6.11. The van der Waals surface area contributed by atoms with Gasteiger partial charge in [0.15, 0.2) is 0 Å². The van der Waals surface area contributed by atoms with Crippen LogP contribution in [0.15, 0.2) is 24.3 Å². The summed E-state index contributed by atoms with van der Waals surface area (Å²) in [6.07, 6.45) is 4.11. The molecule has 76 valence electrons. The lowest BCUT2D eigenvalue weighted by atomic mass is 9.82. The zero-order valence-electron chi connectivity index (χ0n) is 8.12. The summed E-state index contributed by atoms with van der Waals surface area (Å²) in [6.45, 7) is 0. The van der Waals surface area contributed by atoms with Gasteiger partial charge in [0.1, 0.15) is 0 Å². The van der Waals surface area contributed by atoms with Crippen molar-refractivity contribution in [2.24, 2.45) is 0 Å². The van der Waals surface area contributed by atoms with E-state index in [1.807, 2.05) is 24.3 Å². The maximum Gasteiger partial charge on any atom is 0.0609 e. The lowest BCUT2D eigenvalue weighted by Gasteiger charge is -2.28. The fourth-order valence-electron chi connectivity index (χ4n) is 2.25. The largest absolute Gasteiger partial charge is 0.392 e. The molecule has 1 saturated carbocycles. The van der Waals surface area contributed by atoms with Gasteiger partial charge >= 0.3 is 0 Å². The molecule has 0 amide bonds. The van der Waals surface area contributed by atoms with Crippen LogP contribution in [0.5, 0.6) is 0 Å². The molecule has 0 aliphatic heterocycles. The highest BCUT2D eigenvalue weighted by Crippen LogP contribution is 2.36. The summed E-state index contributed by atoms with van der Waals surface area (Å²) in [5.41, 5.74) is 1.11. The molecule has 1 aromatic carbocycles. The topological polar surface area (TPSA) is 20.2 Å². The van der Waals surface area contributed by atoms with Gasteiger partial charge in [-0.25, -0.2) is 0 Å². The summed E-state index contributed by atoms with van der Waals surface area (Å²) in [5, 5.41) is 10.7. The first-order valence-corrected chi connectivity index (χ1v) is 5.59. The van der Waals surface area contributed by atoms with Gasteiger partial charge < -0.3 is 5.11 Å². The smallest absolute Gasteiger partial charge is 0.0609 e. The monoisotopic (exact) mass is 210 g/mol. The Morgan fingerprint density at radius 2 is 1.86 bits per heavy atom. The van der Waals surface area contributed by atoms with Crippen molar-refractivity contribution >= 4 is 11.6 Å². The van der Waals surface area contributed by atoms with Crippen molar-refractivity contribution in [2.45, 2.75) is 37.7 Å². The van der Waals surface area contributed by atoms with E-state index in [9.17, 15) is 5.11 Å². The van der Waals surface area contributed by atoms with E-state index < -0.39 is 0 Å². The first-order valence-electron chi connectivity index (χ1n) is 5.21. The highest BCUT2D eigenvalue weighted by molar-refractivity contribution is 6.31. The summed E-state index contributed by atoms with van der Waals surface area (Å²) in [4.78, 5) is 0. The Morgan fingerprint density at radius 1 is 1.14 bits per heavy atom. The summed E-state index contributed by atoms with van der Waals surface area (Å²) in [6, 6.07) is 7.85. The Morgan fingerprint density at radius 3 is 2.57 bits per heavy atom. The predicted molar refractivity (Wildman–Crippen MR) is 58.7 cm³/mol. The second-order valence-electron chi connectivity index (χ2n) is 3.98. The normalized spacial score (nSPS) is 27.6. The number of aliphatic hydroxyl groups is 1. The van der Waals surface area contributed by atoms with Crippen LogP contribution in [0.4, 0.5) is 0 Å². The van der Waals surface area contributed by atoms with Crippen LogP contribution in [0.2, 0.25) is 5.02 Å². The molecular weight excluding hydrogens is 196 g/mol. The molecule has 0 radical (unpaired) electrons. The van der Waals surface area contributed by atoms with Gasteiger partial charge in [-0.1, -0.05) is 42.6 Å². The first-order chi connectivity index (χ1) is 6.79. The van der Waals surface area contributed by atoms with Crippen molar-refractivity contribution in [3.63, 3.8) is 0 Å². The maximum atomic E-state index is 9.89. The molecule has 2 rings (SSSR count). The number of rotatable bonds is 1. The second kappa shape index (κ2) is 4.33. The van der Waals surface area contributed by atoms with Crippen LogP contribution >= 0.6 is 11.6 Å². The summed E-state index contributed by atoms with van der Waals surface area (Å²) < 4.78 is 0. The van der Waals surface area contributed by atoms with E-state index in [0.717, 1.165) is 29.8 Å². The molecule has 1 aliphatic carbocycles. The van der Waals surface area contributed by atoms with Gasteiger partial charge in [0.05, 0.1) is 6.10 Å². The average Bonchev–Trinajstić information content (AvgIpc) is 2.20. The molecule has 1 N–H and O–H groups in total. The van der Waals surface area contributed by atoms with Crippen molar-refractivity contribution in [3.05, 3.63) is 34.9 Å². The van der Waals surface area contributed by atoms with Crippen LogP contribution in [0.25, 0.3) is 0 Å². The number of halogens is 1. The van der Waals surface area contributed by atoms with Gasteiger partial charge in [0.25, 0.3) is 0 Å². The lowest BCUT2D eigenvalue weighted by Crippen LogP contribution is -2.22. The Hall–Kier alpha value is -0.530. The standard InChI is InChI=1S/C12H15ClO/c13-11-7-3-1-5-9(11)10-6-2-4-8-12(10)14/h1,3,5,7,10,12,14H,2,4,6,8H2/t10-,12+/m1/s1. The van der Waals surface area contributed by atoms with E-state index in [2.05, 4.69) is 0 Å². The quantitative estimate of drug-likeness (QED) is 0.754. The molecule has 0 saturated heterocycles. The van der Waals surface area contributed by atoms with Crippen molar-refractivity contribution in [2.75, 3.05) is 0 Å². The van der Waals surface area contributed by atoms with Gasteiger partial charge in [0.2, 0.25) is 0 Å². The van der Waals surface area contributed by atoms with Gasteiger partial charge in [-0.2, -0.15) is 0 Å². The van der Waals surface area contributed by atoms with E-state index >= 15 is 0 Å². The molecular formula is C12H15ClO. The number of hydrogen-bond acceptors (Lipinski definition) is 1. The average molecular weight is 211 g/mol. The highest BCUT2D eigenvalue weighted by atomic mass is 35.5. The maximum absolute atomic E-state index is 9.89.